The molecule has 0 radical (unpaired) electrons. The summed E-state index contributed by atoms with van der Waals surface area (Å²) in [7, 11) is -4.43. The zero-order valence-corrected chi connectivity index (χ0v) is 18.9. The second kappa shape index (κ2) is 8.27. The zero-order valence-electron chi connectivity index (χ0n) is 16.5. The lowest BCUT2D eigenvalue weighted by atomic mass is 10.1. The van der Waals surface area contributed by atoms with Gasteiger partial charge in [-0.3, -0.25) is 10.0 Å². The first-order chi connectivity index (χ1) is 13.2. The van der Waals surface area contributed by atoms with E-state index in [2.05, 4.69) is 26.0 Å². The summed E-state index contributed by atoms with van der Waals surface area (Å²) in [5, 5.41) is 2.39. The molecule has 0 bridgehead atoms. The molecule has 10 heteroatoms. The molecule has 0 atom stereocenters. The first-order valence-corrected chi connectivity index (χ1v) is 10.8. The molecule has 0 aliphatic rings. The molecule has 0 aliphatic carbocycles. The normalized spacial score (nSPS) is 11.9. The van der Waals surface area contributed by atoms with Crippen molar-refractivity contribution in [1.29, 1.82) is 0 Å². The molecule has 0 aliphatic heterocycles. The molecule has 0 heterocycles. The van der Waals surface area contributed by atoms with Gasteiger partial charge in [0.2, 0.25) is 0 Å². The van der Waals surface area contributed by atoms with Gasteiger partial charge in [-0.15, -0.1) is 0 Å². The van der Waals surface area contributed by atoms with E-state index < -0.39 is 38.2 Å². The van der Waals surface area contributed by atoms with Crippen LogP contribution in [0, 0.1) is 25.5 Å². The van der Waals surface area contributed by atoms with E-state index in [1.165, 1.54) is 26.0 Å². The number of carbonyl (C=O) groups is 1. The molecule has 0 fully saturated rings. The van der Waals surface area contributed by atoms with Gasteiger partial charge in [0.25, 0.3) is 10.0 Å². The number of rotatable bonds is 4. The maximum Gasteiger partial charge on any atom is 0.412 e. The average Bonchev–Trinajstić information content (AvgIpc) is 2.51. The molecule has 6 nitrogen and oxygen atoms in total. The van der Waals surface area contributed by atoms with Crippen molar-refractivity contribution in [2.24, 2.45) is 0 Å². The lowest BCUT2D eigenvalue weighted by molar-refractivity contribution is 0.0636. The van der Waals surface area contributed by atoms with Crippen LogP contribution in [0.4, 0.5) is 25.0 Å². The molecule has 0 aromatic heterocycles. The number of aryl methyl sites for hydroxylation is 1. The van der Waals surface area contributed by atoms with Crippen LogP contribution in [0.25, 0.3) is 0 Å². The second-order valence-electron chi connectivity index (χ2n) is 7.36. The smallest absolute Gasteiger partial charge is 0.412 e. The molecule has 158 valence electrons. The third-order valence-electron chi connectivity index (χ3n) is 3.73. The maximum atomic E-state index is 14.4. The molecule has 1 amide bonds. The standard InChI is InChI=1S/C19H21BrF2N2O4S/c1-10-8-12(20)9-14(22)17(10)29(26,27)24-16-11(2)13(21)6-7-15(16)23-18(25)28-19(3,4)5/h6-9,24H,1-5H3,(H,23,25). The summed E-state index contributed by atoms with van der Waals surface area (Å²) in [6, 6.07) is 4.72. The number of ether oxygens (including phenoxy) is 1. The largest absolute Gasteiger partial charge is 0.444 e. The molecule has 0 saturated heterocycles. The van der Waals surface area contributed by atoms with E-state index in [1.54, 1.807) is 20.8 Å². The van der Waals surface area contributed by atoms with Crippen LogP contribution in [0.2, 0.25) is 0 Å². The Bertz CT molecular complexity index is 1040. The number of halogens is 3. The molecule has 0 unspecified atom stereocenters. The van der Waals surface area contributed by atoms with Crippen molar-refractivity contribution in [2.45, 2.75) is 45.1 Å². The molecule has 29 heavy (non-hydrogen) atoms. The Kier molecular flexibility index (Phi) is 6.58. The summed E-state index contributed by atoms with van der Waals surface area (Å²) in [6.07, 6.45) is -0.852. The molecule has 2 N–H and O–H groups in total. The average molecular weight is 491 g/mol. The highest BCUT2D eigenvalue weighted by molar-refractivity contribution is 9.10. The van der Waals surface area contributed by atoms with Crippen molar-refractivity contribution >= 4 is 43.4 Å². The Morgan fingerprint density at radius 2 is 1.72 bits per heavy atom. The number of hydrogen-bond acceptors (Lipinski definition) is 4. The number of anilines is 2. The van der Waals surface area contributed by atoms with E-state index in [1.807, 2.05) is 0 Å². The van der Waals surface area contributed by atoms with Crippen LogP contribution in [-0.2, 0) is 14.8 Å². The van der Waals surface area contributed by atoms with Crippen molar-refractivity contribution in [3.63, 3.8) is 0 Å². The van der Waals surface area contributed by atoms with Gasteiger partial charge in [0.1, 0.15) is 22.1 Å². The minimum atomic E-state index is -4.43. The van der Waals surface area contributed by atoms with Gasteiger partial charge < -0.3 is 4.74 Å². The molecule has 2 aromatic rings. The Labute approximate surface area is 176 Å². The zero-order chi connectivity index (χ0) is 22.1. The lowest BCUT2D eigenvalue weighted by Gasteiger charge is -2.21. The Balaban J connectivity index is 2.49. The van der Waals surface area contributed by atoms with Gasteiger partial charge in [0.05, 0.1) is 11.4 Å². The van der Waals surface area contributed by atoms with Crippen molar-refractivity contribution in [3.05, 3.63) is 51.5 Å². The highest BCUT2D eigenvalue weighted by Crippen LogP contribution is 2.32. The summed E-state index contributed by atoms with van der Waals surface area (Å²) in [6.45, 7) is 7.74. The Morgan fingerprint density at radius 1 is 1.10 bits per heavy atom. The van der Waals surface area contributed by atoms with E-state index in [9.17, 15) is 22.0 Å². The second-order valence-corrected chi connectivity index (χ2v) is 9.90. The maximum absolute atomic E-state index is 14.4. The minimum Gasteiger partial charge on any atom is -0.444 e. The van der Waals surface area contributed by atoms with Gasteiger partial charge in [-0.25, -0.2) is 22.0 Å². The summed E-state index contributed by atoms with van der Waals surface area (Å²) in [5.41, 5.74) is -0.969. The predicted octanol–water partition coefficient (Wildman–Crippen LogP) is 5.49. The predicted molar refractivity (Wildman–Crippen MR) is 111 cm³/mol. The van der Waals surface area contributed by atoms with E-state index in [-0.39, 0.29) is 22.5 Å². The molecule has 0 saturated carbocycles. The summed E-state index contributed by atoms with van der Waals surface area (Å²) >= 11 is 3.10. The van der Waals surface area contributed by atoms with Crippen molar-refractivity contribution in [3.8, 4) is 0 Å². The first kappa shape index (κ1) is 23.1. The van der Waals surface area contributed by atoms with Crippen LogP contribution in [-0.4, -0.2) is 20.1 Å². The summed E-state index contributed by atoms with van der Waals surface area (Å²) in [5.74, 6) is -1.68. The van der Waals surface area contributed by atoms with E-state index >= 15 is 0 Å². The quantitative estimate of drug-likeness (QED) is 0.593. The van der Waals surface area contributed by atoms with Crippen LogP contribution >= 0.6 is 15.9 Å². The number of sulfonamides is 1. The van der Waals surface area contributed by atoms with E-state index in [4.69, 9.17) is 4.74 Å². The van der Waals surface area contributed by atoms with Gasteiger partial charge in [-0.1, -0.05) is 15.9 Å². The van der Waals surface area contributed by atoms with Crippen LogP contribution in [0.3, 0.4) is 0 Å². The lowest BCUT2D eigenvalue weighted by Crippen LogP contribution is -2.28. The Hall–Kier alpha value is -2.20. The van der Waals surface area contributed by atoms with Gasteiger partial charge in [-0.2, -0.15) is 0 Å². The third kappa shape index (κ3) is 5.66. The molecule has 0 spiro atoms. The number of carbonyl (C=O) groups excluding carboxylic acids is 1. The minimum absolute atomic E-state index is 0.0307. The van der Waals surface area contributed by atoms with E-state index in [0.717, 1.165) is 12.1 Å². The summed E-state index contributed by atoms with van der Waals surface area (Å²) in [4.78, 5) is 11.5. The van der Waals surface area contributed by atoms with Crippen LogP contribution in [0.15, 0.2) is 33.6 Å². The van der Waals surface area contributed by atoms with Gasteiger partial charge in [0.15, 0.2) is 0 Å². The first-order valence-electron chi connectivity index (χ1n) is 8.49. The fraction of sp³-hybridized carbons (Fsp3) is 0.316. The highest BCUT2D eigenvalue weighted by Gasteiger charge is 2.26. The number of hydrogen-bond donors (Lipinski definition) is 2. The molecule has 2 rings (SSSR count). The molecular formula is C19H21BrF2N2O4S. The van der Waals surface area contributed by atoms with Crippen molar-refractivity contribution in [1.82, 2.24) is 0 Å². The monoisotopic (exact) mass is 490 g/mol. The number of nitrogens with one attached hydrogen (secondary N) is 2. The number of benzene rings is 2. The Morgan fingerprint density at radius 3 is 2.28 bits per heavy atom. The fourth-order valence-corrected chi connectivity index (χ4v) is 4.53. The third-order valence-corrected chi connectivity index (χ3v) is 5.72. The van der Waals surface area contributed by atoms with Crippen LogP contribution in [0.1, 0.15) is 31.9 Å². The summed E-state index contributed by atoms with van der Waals surface area (Å²) < 4.78 is 61.9. The highest BCUT2D eigenvalue weighted by atomic mass is 79.9. The van der Waals surface area contributed by atoms with E-state index in [0.29, 0.717) is 4.47 Å². The van der Waals surface area contributed by atoms with Crippen LogP contribution < -0.4 is 10.0 Å². The van der Waals surface area contributed by atoms with Gasteiger partial charge >= 0.3 is 6.09 Å². The fourth-order valence-electron chi connectivity index (χ4n) is 2.55. The molecule has 2 aromatic carbocycles. The molecular weight excluding hydrogens is 470 g/mol. The van der Waals surface area contributed by atoms with Crippen molar-refractivity contribution < 1.29 is 26.7 Å². The number of amides is 1. The van der Waals surface area contributed by atoms with Crippen LogP contribution in [0.5, 0.6) is 0 Å². The van der Waals surface area contributed by atoms with Crippen molar-refractivity contribution in [2.75, 3.05) is 10.0 Å². The SMILES string of the molecule is Cc1cc(Br)cc(F)c1S(=O)(=O)Nc1c(NC(=O)OC(C)(C)C)ccc(F)c1C. The van der Waals surface area contributed by atoms with Gasteiger partial charge in [0, 0.05) is 10.0 Å². The topological polar surface area (TPSA) is 84.5 Å². The van der Waals surface area contributed by atoms with Gasteiger partial charge in [-0.05, 0) is 64.4 Å².